The van der Waals surface area contributed by atoms with Crippen molar-refractivity contribution in [1.29, 1.82) is 0 Å². The van der Waals surface area contributed by atoms with Gasteiger partial charge in [-0.25, -0.2) is 0 Å². The predicted octanol–water partition coefficient (Wildman–Crippen LogP) is 4.78. The number of hydrogen-bond donors (Lipinski definition) is 2. The average Bonchev–Trinajstić information content (AvgIpc) is 2.62. The van der Waals surface area contributed by atoms with Crippen molar-refractivity contribution in [1.82, 2.24) is 4.90 Å². The van der Waals surface area contributed by atoms with Crippen LogP contribution in [0.15, 0.2) is 53.0 Å². The highest BCUT2D eigenvalue weighted by molar-refractivity contribution is 9.10. The van der Waals surface area contributed by atoms with E-state index in [1.807, 2.05) is 48.5 Å². The molecule has 0 aromatic heterocycles. The number of carbonyl (C=O) groups excluding carboxylic acids is 1. The summed E-state index contributed by atoms with van der Waals surface area (Å²) in [7, 11) is 2.10. The van der Waals surface area contributed by atoms with Crippen LogP contribution in [0, 0.1) is 5.92 Å². The molecule has 0 saturated carbocycles. The number of likely N-dealkylation sites (tertiary alicyclic amines) is 1. The molecule has 3 rings (SSSR count). The van der Waals surface area contributed by atoms with Crippen LogP contribution >= 0.6 is 28.1 Å². The fraction of sp³-hybridized carbons (Fsp3) is 0.300. The zero-order valence-corrected chi connectivity index (χ0v) is 17.1. The van der Waals surface area contributed by atoms with Crippen LogP contribution in [-0.4, -0.2) is 35.9 Å². The quantitative estimate of drug-likeness (QED) is 0.538. The van der Waals surface area contributed by atoms with E-state index in [1.54, 1.807) is 0 Å². The van der Waals surface area contributed by atoms with Crippen molar-refractivity contribution in [3.8, 4) is 0 Å². The number of carbonyl (C=O) groups is 1. The van der Waals surface area contributed by atoms with Gasteiger partial charge in [-0.15, -0.1) is 0 Å². The van der Waals surface area contributed by atoms with Crippen LogP contribution in [0.2, 0.25) is 0 Å². The van der Waals surface area contributed by atoms with Crippen LogP contribution in [0.4, 0.5) is 11.4 Å². The molecule has 1 saturated heterocycles. The van der Waals surface area contributed by atoms with Crippen LogP contribution in [0.1, 0.15) is 23.2 Å². The van der Waals surface area contributed by atoms with Gasteiger partial charge in [0.1, 0.15) is 0 Å². The number of piperidine rings is 1. The van der Waals surface area contributed by atoms with Crippen molar-refractivity contribution in [2.45, 2.75) is 12.8 Å². The molecule has 2 aromatic carbocycles. The number of Topliss-reactive ketones (excluding diaryl/α,β-unsaturated/α-hetero) is 1. The predicted molar refractivity (Wildman–Crippen MR) is 115 cm³/mol. The second kappa shape index (κ2) is 8.75. The first-order chi connectivity index (χ1) is 12.5. The minimum absolute atomic E-state index is 0.119. The topological polar surface area (TPSA) is 44.4 Å². The molecule has 1 aliphatic rings. The molecule has 0 atom stereocenters. The fourth-order valence-electron chi connectivity index (χ4n) is 3.12. The van der Waals surface area contributed by atoms with Crippen LogP contribution in [0.3, 0.4) is 0 Å². The third kappa shape index (κ3) is 5.13. The second-order valence-corrected chi connectivity index (χ2v) is 7.94. The molecule has 0 spiro atoms. The summed E-state index contributed by atoms with van der Waals surface area (Å²) < 4.78 is 0.982. The zero-order chi connectivity index (χ0) is 18.5. The van der Waals surface area contributed by atoms with E-state index in [1.165, 1.54) is 0 Å². The Kier molecular flexibility index (Phi) is 6.40. The van der Waals surface area contributed by atoms with Gasteiger partial charge >= 0.3 is 0 Å². The number of benzene rings is 2. The molecule has 0 unspecified atom stereocenters. The number of nitrogens with one attached hydrogen (secondary N) is 2. The maximum atomic E-state index is 12.8. The Morgan fingerprint density at radius 3 is 2.35 bits per heavy atom. The third-order valence-corrected chi connectivity index (χ3v) is 5.27. The minimum atomic E-state index is 0.119. The van der Waals surface area contributed by atoms with E-state index in [0.29, 0.717) is 5.11 Å². The molecule has 1 aliphatic heterocycles. The van der Waals surface area contributed by atoms with Crippen molar-refractivity contribution in [2.75, 3.05) is 30.8 Å². The Labute approximate surface area is 168 Å². The van der Waals surface area contributed by atoms with Gasteiger partial charge in [0.25, 0.3) is 0 Å². The molecule has 0 radical (unpaired) electrons. The summed E-state index contributed by atoms with van der Waals surface area (Å²) in [6, 6.07) is 15.4. The van der Waals surface area contributed by atoms with Gasteiger partial charge in [-0.1, -0.05) is 34.1 Å². The number of anilines is 2. The normalized spacial score (nSPS) is 15.5. The van der Waals surface area contributed by atoms with Crippen LogP contribution < -0.4 is 10.6 Å². The lowest BCUT2D eigenvalue weighted by molar-refractivity contribution is 0.0857. The molecule has 26 heavy (non-hydrogen) atoms. The van der Waals surface area contributed by atoms with E-state index < -0.39 is 0 Å². The van der Waals surface area contributed by atoms with E-state index in [-0.39, 0.29) is 11.7 Å². The van der Waals surface area contributed by atoms with Crippen molar-refractivity contribution >= 4 is 50.4 Å². The molecule has 2 aromatic rings. The monoisotopic (exact) mass is 431 g/mol. The van der Waals surface area contributed by atoms with Crippen molar-refractivity contribution in [3.63, 3.8) is 0 Å². The second-order valence-electron chi connectivity index (χ2n) is 6.61. The average molecular weight is 432 g/mol. The summed E-state index contributed by atoms with van der Waals surface area (Å²) in [6.07, 6.45) is 1.85. The summed E-state index contributed by atoms with van der Waals surface area (Å²) in [4.78, 5) is 15.0. The van der Waals surface area contributed by atoms with Crippen molar-refractivity contribution in [3.05, 3.63) is 58.6 Å². The van der Waals surface area contributed by atoms with Gasteiger partial charge in [-0.05, 0) is 75.5 Å². The molecule has 1 fully saturated rings. The van der Waals surface area contributed by atoms with Crippen LogP contribution in [0.25, 0.3) is 0 Å². The maximum Gasteiger partial charge on any atom is 0.175 e. The molecule has 2 N–H and O–H groups in total. The molecule has 0 amide bonds. The van der Waals surface area contributed by atoms with Gasteiger partial charge in [0.2, 0.25) is 0 Å². The Hall–Kier alpha value is -1.76. The SMILES string of the molecule is CN1CCC(C(=O)c2cccc(NC(=S)Nc3cccc(Br)c3)c2)CC1. The van der Waals surface area contributed by atoms with Gasteiger partial charge < -0.3 is 15.5 Å². The lowest BCUT2D eigenvalue weighted by atomic mass is 9.89. The number of halogens is 1. The minimum Gasteiger partial charge on any atom is -0.332 e. The Morgan fingerprint density at radius 1 is 1.08 bits per heavy atom. The van der Waals surface area contributed by atoms with Crippen LogP contribution in [-0.2, 0) is 0 Å². The van der Waals surface area contributed by atoms with Gasteiger partial charge in [0.15, 0.2) is 10.9 Å². The van der Waals surface area contributed by atoms with E-state index in [4.69, 9.17) is 12.2 Å². The Morgan fingerprint density at radius 2 is 1.69 bits per heavy atom. The smallest absolute Gasteiger partial charge is 0.175 e. The summed E-state index contributed by atoms with van der Waals surface area (Å²) >= 11 is 8.82. The number of rotatable bonds is 4. The molecule has 6 heteroatoms. The zero-order valence-electron chi connectivity index (χ0n) is 14.7. The van der Waals surface area contributed by atoms with E-state index in [9.17, 15) is 4.79 Å². The summed E-state index contributed by atoms with van der Waals surface area (Å²) in [6.45, 7) is 1.96. The molecule has 0 bridgehead atoms. The van der Waals surface area contributed by atoms with Crippen molar-refractivity contribution < 1.29 is 4.79 Å². The summed E-state index contributed by atoms with van der Waals surface area (Å²) in [5.41, 5.74) is 2.46. The third-order valence-electron chi connectivity index (χ3n) is 4.58. The van der Waals surface area contributed by atoms with E-state index in [0.717, 1.165) is 47.3 Å². The number of thiocarbonyl (C=S) groups is 1. The highest BCUT2D eigenvalue weighted by Crippen LogP contribution is 2.23. The first-order valence-electron chi connectivity index (χ1n) is 8.67. The lowest BCUT2D eigenvalue weighted by Gasteiger charge is -2.28. The molecule has 4 nitrogen and oxygen atoms in total. The largest absolute Gasteiger partial charge is 0.332 e. The molecule has 136 valence electrons. The molecular weight excluding hydrogens is 410 g/mol. The Balaban J connectivity index is 1.63. The number of ketones is 1. The molecule has 1 heterocycles. The molecule has 0 aliphatic carbocycles. The molecular formula is C20H22BrN3OS. The first-order valence-corrected chi connectivity index (χ1v) is 9.88. The standard InChI is InChI=1S/C20H22BrN3OS/c1-24-10-8-14(9-11-24)19(25)15-4-2-6-17(12-15)22-20(26)23-18-7-3-5-16(21)13-18/h2-7,12-14H,8-11H2,1H3,(H2,22,23,26). The first kappa shape index (κ1) is 19.0. The van der Waals surface area contributed by atoms with E-state index >= 15 is 0 Å². The van der Waals surface area contributed by atoms with E-state index in [2.05, 4.69) is 38.5 Å². The van der Waals surface area contributed by atoms with Crippen molar-refractivity contribution in [2.24, 2.45) is 5.92 Å². The number of hydrogen-bond acceptors (Lipinski definition) is 3. The van der Waals surface area contributed by atoms with Gasteiger partial charge in [0, 0.05) is 27.3 Å². The van der Waals surface area contributed by atoms with Crippen LogP contribution in [0.5, 0.6) is 0 Å². The highest BCUT2D eigenvalue weighted by Gasteiger charge is 2.24. The summed E-state index contributed by atoms with van der Waals surface area (Å²) in [5, 5.41) is 6.80. The van der Waals surface area contributed by atoms with Gasteiger partial charge in [-0.2, -0.15) is 0 Å². The van der Waals surface area contributed by atoms with Gasteiger partial charge in [0.05, 0.1) is 0 Å². The highest BCUT2D eigenvalue weighted by atomic mass is 79.9. The maximum absolute atomic E-state index is 12.8. The number of nitrogens with zero attached hydrogens (tertiary/aromatic N) is 1. The fourth-order valence-corrected chi connectivity index (χ4v) is 3.75. The van der Waals surface area contributed by atoms with Gasteiger partial charge in [-0.3, -0.25) is 4.79 Å². The lowest BCUT2D eigenvalue weighted by Crippen LogP contribution is -2.33. The summed E-state index contributed by atoms with van der Waals surface area (Å²) in [5.74, 6) is 0.348. The Bertz CT molecular complexity index is 803.